The van der Waals surface area contributed by atoms with Crippen molar-refractivity contribution in [3.63, 3.8) is 0 Å². The molecule has 0 saturated carbocycles. The van der Waals surface area contributed by atoms with E-state index >= 15 is 0 Å². The third-order valence-corrected chi connectivity index (χ3v) is 5.37. The molecule has 1 aliphatic heterocycles. The molecule has 2 aromatic heterocycles. The SMILES string of the molecule is Cc1nc2n(n1)[C@@H](c1cccc(Cl)c1)C1=C(C[C@H](c3ccco3)CC1=O)N2. The van der Waals surface area contributed by atoms with Gasteiger partial charge in [-0.1, -0.05) is 23.7 Å². The number of allylic oxidation sites excluding steroid dienone is 2. The van der Waals surface area contributed by atoms with E-state index < -0.39 is 0 Å². The Morgan fingerprint density at radius 2 is 2.15 bits per heavy atom. The van der Waals surface area contributed by atoms with E-state index in [1.807, 2.05) is 43.3 Å². The first-order valence-electron chi connectivity index (χ1n) is 8.85. The van der Waals surface area contributed by atoms with Gasteiger partial charge in [0.25, 0.3) is 0 Å². The van der Waals surface area contributed by atoms with Gasteiger partial charge in [0, 0.05) is 28.6 Å². The molecule has 0 saturated heterocycles. The van der Waals surface area contributed by atoms with Crippen LogP contribution in [-0.2, 0) is 4.79 Å². The molecule has 0 spiro atoms. The van der Waals surface area contributed by atoms with E-state index in [2.05, 4.69) is 15.4 Å². The summed E-state index contributed by atoms with van der Waals surface area (Å²) in [6.07, 6.45) is 2.75. The molecule has 1 N–H and O–H groups in total. The minimum atomic E-state index is -0.332. The number of halogens is 1. The highest BCUT2D eigenvalue weighted by Gasteiger charge is 2.40. The van der Waals surface area contributed by atoms with E-state index in [0.29, 0.717) is 29.6 Å². The van der Waals surface area contributed by atoms with Gasteiger partial charge in [-0.05, 0) is 43.2 Å². The van der Waals surface area contributed by atoms with Crippen molar-refractivity contribution in [1.82, 2.24) is 14.8 Å². The highest BCUT2D eigenvalue weighted by atomic mass is 35.5. The summed E-state index contributed by atoms with van der Waals surface area (Å²) in [5, 5.41) is 8.49. The average molecular weight is 381 g/mol. The van der Waals surface area contributed by atoms with Gasteiger partial charge in [0.15, 0.2) is 5.78 Å². The number of nitrogens with zero attached hydrogens (tertiary/aromatic N) is 3. The number of nitrogens with one attached hydrogen (secondary N) is 1. The fraction of sp³-hybridized carbons (Fsp3) is 0.250. The molecular formula is C20H17ClN4O2. The van der Waals surface area contributed by atoms with Gasteiger partial charge in [-0.2, -0.15) is 10.1 Å². The first kappa shape index (κ1) is 16.3. The number of ketones is 1. The molecule has 0 radical (unpaired) electrons. The lowest BCUT2D eigenvalue weighted by molar-refractivity contribution is -0.117. The van der Waals surface area contributed by atoms with E-state index in [9.17, 15) is 4.79 Å². The fourth-order valence-electron chi connectivity index (χ4n) is 4.03. The van der Waals surface area contributed by atoms with Crippen LogP contribution in [0.1, 0.15) is 41.9 Å². The number of rotatable bonds is 2. The maximum atomic E-state index is 13.2. The molecule has 136 valence electrons. The molecule has 2 atom stereocenters. The summed E-state index contributed by atoms with van der Waals surface area (Å²) in [6, 6.07) is 11.0. The van der Waals surface area contributed by atoms with Crippen molar-refractivity contribution in [2.75, 3.05) is 5.32 Å². The van der Waals surface area contributed by atoms with Crippen LogP contribution in [0.4, 0.5) is 5.95 Å². The lowest BCUT2D eigenvalue weighted by Crippen LogP contribution is -2.33. The van der Waals surface area contributed by atoms with Gasteiger partial charge in [-0.25, -0.2) is 4.68 Å². The number of hydrogen-bond acceptors (Lipinski definition) is 5. The second kappa shape index (κ2) is 6.09. The Balaban J connectivity index is 1.65. The molecule has 7 heteroatoms. The third-order valence-electron chi connectivity index (χ3n) is 5.14. The topological polar surface area (TPSA) is 73.0 Å². The van der Waals surface area contributed by atoms with E-state index in [4.69, 9.17) is 16.0 Å². The number of fused-ring (bicyclic) bond motifs is 1. The minimum absolute atomic E-state index is 0.0225. The number of aromatic nitrogens is 3. The summed E-state index contributed by atoms with van der Waals surface area (Å²) < 4.78 is 7.33. The molecule has 5 rings (SSSR count). The zero-order valence-electron chi connectivity index (χ0n) is 14.6. The van der Waals surface area contributed by atoms with Gasteiger partial charge in [0.2, 0.25) is 5.95 Å². The van der Waals surface area contributed by atoms with Gasteiger partial charge in [0.05, 0.1) is 6.26 Å². The average Bonchev–Trinajstić information content (AvgIpc) is 3.28. The van der Waals surface area contributed by atoms with E-state index in [-0.39, 0.29) is 17.7 Å². The van der Waals surface area contributed by atoms with Crippen molar-refractivity contribution in [1.29, 1.82) is 0 Å². The quantitative estimate of drug-likeness (QED) is 0.719. The van der Waals surface area contributed by atoms with Crippen LogP contribution in [0.15, 0.2) is 58.3 Å². The molecule has 27 heavy (non-hydrogen) atoms. The Kier molecular flexibility index (Phi) is 3.68. The number of hydrogen-bond donors (Lipinski definition) is 1. The first-order valence-corrected chi connectivity index (χ1v) is 9.23. The Morgan fingerprint density at radius 3 is 2.93 bits per heavy atom. The minimum Gasteiger partial charge on any atom is -0.469 e. The molecule has 3 aromatic rings. The van der Waals surface area contributed by atoms with Crippen LogP contribution in [0.3, 0.4) is 0 Å². The van der Waals surface area contributed by atoms with Crippen molar-refractivity contribution >= 4 is 23.3 Å². The van der Waals surface area contributed by atoms with Crippen molar-refractivity contribution in [3.05, 3.63) is 76.1 Å². The third kappa shape index (κ3) is 2.68. The second-order valence-corrected chi connectivity index (χ2v) is 7.38. The number of benzene rings is 1. The summed E-state index contributed by atoms with van der Waals surface area (Å²) in [7, 11) is 0. The number of Topliss-reactive ketones (excluding diaryl/α,β-unsaturated/α-hetero) is 1. The summed E-state index contributed by atoms with van der Waals surface area (Å²) in [6.45, 7) is 1.84. The maximum Gasteiger partial charge on any atom is 0.226 e. The summed E-state index contributed by atoms with van der Waals surface area (Å²) in [5.74, 6) is 2.24. The normalized spacial score (nSPS) is 21.6. The maximum absolute atomic E-state index is 13.2. The van der Waals surface area contributed by atoms with Crippen molar-refractivity contribution < 1.29 is 9.21 Å². The molecule has 1 aliphatic carbocycles. The van der Waals surface area contributed by atoms with Crippen molar-refractivity contribution in [2.24, 2.45) is 0 Å². The molecule has 0 amide bonds. The summed E-state index contributed by atoms with van der Waals surface area (Å²) in [4.78, 5) is 17.7. The zero-order chi connectivity index (χ0) is 18.5. The number of aryl methyl sites for hydroxylation is 1. The molecule has 0 bridgehead atoms. The second-order valence-electron chi connectivity index (χ2n) is 6.95. The molecule has 0 fully saturated rings. The Labute approximate surface area is 160 Å². The Morgan fingerprint density at radius 1 is 1.26 bits per heavy atom. The first-order chi connectivity index (χ1) is 13.1. The standard InChI is InChI=1S/C20H17ClN4O2/c1-11-22-20-23-15-9-13(17-6-3-7-27-17)10-16(26)18(15)19(25(20)24-11)12-4-2-5-14(21)8-12/h2-8,13,19H,9-10H2,1H3,(H,22,23,24)/t13-,19-/m0/s1. The van der Waals surface area contributed by atoms with Crippen molar-refractivity contribution in [2.45, 2.75) is 31.7 Å². The van der Waals surface area contributed by atoms with Gasteiger partial charge in [0.1, 0.15) is 17.6 Å². The Hall–Kier alpha value is -2.86. The van der Waals surface area contributed by atoms with Gasteiger partial charge >= 0.3 is 0 Å². The van der Waals surface area contributed by atoms with Gasteiger partial charge in [-0.15, -0.1) is 0 Å². The predicted molar refractivity (Wildman–Crippen MR) is 101 cm³/mol. The predicted octanol–water partition coefficient (Wildman–Crippen LogP) is 4.25. The van der Waals surface area contributed by atoms with E-state index in [1.54, 1.807) is 10.9 Å². The monoisotopic (exact) mass is 380 g/mol. The van der Waals surface area contributed by atoms with Crippen LogP contribution in [0, 0.1) is 6.92 Å². The molecule has 0 unspecified atom stereocenters. The number of carbonyl (C=O) groups excluding carboxylic acids is 1. The molecule has 3 heterocycles. The Bertz CT molecular complexity index is 1070. The number of anilines is 1. The van der Waals surface area contributed by atoms with Crippen LogP contribution in [0.25, 0.3) is 0 Å². The van der Waals surface area contributed by atoms with Crippen molar-refractivity contribution in [3.8, 4) is 0 Å². The lowest BCUT2D eigenvalue weighted by atomic mass is 9.79. The largest absolute Gasteiger partial charge is 0.469 e. The molecular weight excluding hydrogens is 364 g/mol. The van der Waals surface area contributed by atoms with Gasteiger partial charge in [-0.3, -0.25) is 4.79 Å². The van der Waals surface area contributed by atoms with Crippen LogP contribution >= 0.6 is 11.6 Å². The molecule has 1 aromatic carbocycles. The van der Waals surface area contributed by atoms with Gasteiger partial charge < -0.3 is 9.73 Å². The van der Waals surface area contributed by atoms with Crippen LogP contribution in [0.2, 0.25) is 5.02 Å². The summed E-state index contributed by atoms with van der Waals surface area (Å²) >= 11 is 6.22. The van der Waals surface area contributed by atoms with E-state index in [0.717, 1.165) is 22.6 Å². The number of furan rings is 1. The number of carbonyl (C=O) groups is 1. The lowest BCUT2D eigenvalue weighted by Gasteiger charge is -2.34. The fourth-order valence-corrected chi connectivity index (χ4v) is 4.23. The summed E-state index contributed by atoms with van der Waals surface area (Å²) in [5.41, 5.74) is 2.54. The highest BCUT2D eigenvalue weighted by Crippen LogP contribution is 2.44. The smallest absolute Gasteiger partial charge is 0.226 e. The van der Waals surface area contributed by atoms with Crippen LogP contribution in [0.5, 0.6) is 0 Å². The van der Waals surface area contributed by atoms with E-state index in [1.165, 1.54) is 0 Å². The van der Waals surface area contributed by atoms with Crippen LogP contribution in [-0.4, -0.2) is 20.5 Å². The zero-order valence-corrected chi connectivity index (χ0v) is 15.4. The molecule has 6 nitrogen and oxygen atoms in total. The highest BCUT2D eigenvalue weighted by molar-refractivity contribution is 6.30. The van der Waals surface area contributed by atoms with Crippen LogP contribution < -0.4 is 5.32 Å². The molecule has 2 aliphatic rings.